The highest BCUT2D eigenvalue weighted by molar-refractivity contribution is 7.92. The zero-order valence-corrected chi connectivity index (χ0v) is 24.9. The Hall–Kier alpha value is -2.78. The van der Waals surface area contributed by atoms with Crippen LogP contribution in [-0.4, -0.2) is 44.3 Å². The molecule has 0 saturated heterocycles. The van der Waals surface area contributed by atoms with Crippen molar-refractivity contribution in [1.29, 1.82) is 0 Å². The molecular weight excluding hydrogens is 581 g/mol. The summed E-state index contributed by atoms with van der Waals surface area (Å²) in [7, 11) is -4.20. The Bertz CT molecular complexity index is 1410. The predicted molar refractivity (Wildman–Crippen MR) is 157 cm³/mol. The summed E-state index contributed by atoms with van der Waals surface area (Å²) in [5, 5.41) is 3.80. The van der Waals surface area contributed by atoms with Gasteiger partial charge in [0.1, 0.15) is 12.6 Å². The maximum atomic E-state index is 14.0. The number of sulfonamides is 1. The quantitative estimate of drug-likeness (QED) is 0.285. The lowest BCUT2D eigenvalue weighted by Gasteiger charge is -2.33. The normalized spacial score (nSPS) is 12.1. The van der Waals surface area contributed by atoms with E-state index in [4.69, 9.17) is 34.8 Å². The molecule has 0 unspecified atom stereocenters. The van der Waals surface area contributed by atoms with E-state index < -0.39 is 28.5 Å². The van der Waals surface area contributed by atoms with Gasteiger partial charge < -0.3 is 10.2 Å². The van der Waals surface area contributed by atoms with Crippen molar-refractivity contribution in [1.82, 2.24) is 10.2 Å². The molecule has 0 radical (unpaired) electrons. The molecule has 208 valence electrons. The first-order valence-electron chi connectivity index (χ1n) is 12.3. The standard InChI is InChI=1S/C28H30Cl3N3O4S/c1-4-25(28(36)32-5-2)33(17-22-23(30)10-8-11-24(22)31)27(35)18-34(26-12-7-6-9-19(26)3)39(37,38)21-15-13-20(29)14-16-21/h6-16,25H,4-5,17-18H2,1-3H3,(H,32,36)/t25-/m0/s1. The van der Waals surface area contributed by atoms with Gasteiger partial charge in [-0.05, 0) is 68.3 Å². The van der Waals surface area contributed by atoms with Gasteiger partial charge in [0, 0.05) is 33.7 Å². The number of carbonyl (C=O) groups is 2. The van der Waals surface area contributed by atoms with Gasteiger partial charge >= 0.3 is 0 Å². The summed E-state index contributed by atoms with van der Waals surface area (Å²) in [5.41, 5.74) is 1.45. The molecule has 0 fully saturated rings. The second-order valence-corrected chi connectivity index (χ2v) is 11.9. The van der Waals surface area contributed by atoms with Crippen molar-refractivity contribution in [3.8, 4) is 0 Å². The Kier molecular flexibility index (Phi) is 10.7. The Morgan fingerprint density at radius 2 is 1.51 bits per heavy atom. The van der Waals surface area contributed by atoms with E-state index in [0.29, 0.717) is 38.4 Å². The van der Waals surface area contributed by atoms with Crippen molar-refractivity contribution < 1.29 is 18.0 Å². The molecule has 3 aromatic rings. The van der Waals surface area contributed by atoms with Crippen molar-refractivity contribution in [2.24, 2.45) is 0 Å². The molecule has 0 spiro atoms. The van der Waals surface area contributed by atoms with Crippen LogP contribution in [0.2, 0.25) is 15.1 Å². The van der Waals surface area contributed by atoms with Crippen LogP contribution in [0.4, 0.5) is 5.69 Å². The second-order valence-electron chi connectivity index (χ2n) is 8.79. The number of halogens is 3. The Morgan fingerprint density at radius 3 is 2.08 bits per heavy atom. The van der Waals surface area contributed by atoms with E-state index in [2.05, 4.69) is 5.32 Å². The maximum Gasteiger partial charge on any atom is 0.264 e. The van der Waals surface area contributed by atoms with Crippen molar-refractivity contribution >= 4 is 62.3 Å². The van der Waals surface area contributed by atoms with E-state index in [1.807, 2.05) is 0 Å². The Balaban J connectivity index is 2.11. The van der Waals surface area contributed by atoms with Gasteiger partial charge in [-0.15, -0.1) is 0 Å². The molecule has 11 heteroatoms. The molecule has 0 heterocycles. The lowest BCUT2D eigenvalue weighted by Crippen LogP contribution is -2.52. The number of anilines is 1. The smallest absolute Gasteiger partial charge is 0.264 e. The number of hydrogen-bond acceptors (Lipinski definition) is 4. The van der Waals surface area contributed by atoms with E-state index in [1.165, 1.54) is 29.2 Å². The highest BCUT2D eigenvalue weighted by atomic mass is 35.5. The molecule has 39 heavy (non-hydrogen) atoms. The number of aryl methyl sites for hydroxylation is 1. The van der Waals surface area contributed by atoms with Crippen LogP contribution in [0, 0.1) is 6.92 Å². The van der Waals surface area contributed by atoms with Gasteiger partial charge in [-0.2, -0.15) is 0 Å². The molecule has 0 saturated carbocycles. The van der Waals surface area contributed by atoms with Gasteiger partial charge in [0.05, 0.1) is 10.6 Å². The molecule has 0 bridgehead atoms. The van der Waals surface area contributed by atoms with Crippen LogP contribution < -0.4 is 9.62 Å². The highest BCUT2D eigenvalue weighted by Gasteiger charge is 2.34. The molecule has 0 aliphatic heterocycles. The Labute approximate surface area is 244 Å². The van der Waals surface area contributed by atoms with E-state index in [1.54, 1.807) is 63.2 Å². The number of hydrogen-bond donors (Lipinski definition) is 1. The van der Waals surface area contributed by atoms with E-state index in [-0.39, 0.29) is 23.8 Å². The fourth-order valence-electron chi connectivity index (χ4n) is 4.16. The third kappa shape index (κ3) is 7.25. The number of amides is 2. The zero-order valence-electron chi connectivity index (χ0n) is 21.8. The fraction of sp³-hybridized carbons (Fsp3) is 0.286. The van der Waals surface area contributed by atoms with Gasteiger partial charge in [0.15, 0.2) is 0 Å². The molecule has 0 aromatic heterocycles. The van der Waals surface area contributed by atoms with Crippen LogP contribution in [0.25, 0.3) is 0 Å². The van der Waals surface area contributed by atoms with Crippen LogP contribution in [0.1, 0.15) is 31.4 Å². The first-order valence-corrected chi connectivity index (χ1v) is 14.9. The fourth-order valence-corrected chi connectivity index (χ4v) is 6.28. The van der Waals surface area contributed by atoms with Crippen LogP contribution in [0.5, 0.6) is 0 Å². The summed E-state index contributed by atoms with van der Waals surface area (Å²) >= 11 is 18.8. The van der Waals surface area contributed by atoms with Crippen molar-refractivity contribution in [3.05, 3.63) is 92.9 Å². The van der Waals surface area contributed by atoms with Crippen LogP contribution >= 0.6 is 34.8 Å². The molecule has 2 amide bonds. The van der Waals surface area contributed by atoms with Gasteiger partial charge in [0.2, 0.25) is 11.8 Å². The third-order valence-corrected chi connectivity index (χ3v) is 8.93. The summed E-state index contributed by atoms with van der Waals surface area (Å²) < 4.78 is 28.8. The minimum absolute atomic E-state index is 0.0283. The van der Waals surface area contributed by atoms with E-state index >= 15 is 0 Å². The van der Waals surface area contributed by atoms with E-state index in [9.17, 15) is 18.0 Å². The lowest BCUT2D eigenvalue weighted by atomic mass is 10.1. The number of carbonyl (C=O) groups excluding carboxylic acids is 2. The molecule has 7 nitrogen and oxygen atoms in total. The average molecular weight is 611 g/mol. The molecule has 3 aromatic carbocycles. The molecule has 0 aliphatic carbocycles. The summed E-state index contributed by atoms with van der Waals surface area (Å²) in [6, 6.07) is 16.7. The summed E-state index contributed by atoms with van der Waals surface area (Å²) in [6.07, 6.45) is 0.286. The van der Waals surface area contributed by atoms with Gasteiger partial charge in [0.25, 0.3) is 10.0 Å². The number of likely N-dealkylation sites (N-methyl/N-ethyl adjacent to an activating group) is 1. The van der Waals surface area contributed by atoms with Crippen molar-refractivity contribution in [3.63, 3.8) is 0 Å². The SMILES string of the molecule is CCNC(=O)[C@H](CC)N(Cc1c(Cl)cccc1Cl)C(=O)CN(c1ccccc1C)S(=O)(=O)c1ccc(Cl)cc1. The molecular formula is C28H30Cl3N3O4S. The summed E-state index contributed by atoms with van der Waals surface area (Å²) in [5.74, 6) is -0.954. The highest BCUT2D eigenvalue weighted by Crippen LogP contribution is 2.30. The average Bonchev–Trinajstić information content (AvgIpc) is 2.89. The molecule has 0 aliphatic rings. The van der Waals surface area contributed by atoms with Gasteiger partial charge in [-0.1, -0.05) is 66.0 Å². The summed E-state index contributed by atoms with van der Waals surface area (Å²) in [6.45, 7) is 5.03. The lowest BCUT2D eigenvalue weighted by molar-refractivity contribution is -0.140. The number of nitrogens with zero attached hydrogens (tertiary/aromatic N) is 2. The number of rotatable bonds is 11. The number of para-hydroxylation sites is 1. The van der Waals surface area contributed by atoms with Crippen molar-refractivity contribution in [2.45, 2.75) is 44.7 Å². The van der Waals surface area contributed by atoms with Crippen LogP contribution in [-0.2, 0) is 26.2 Å². The monoisotopic (exact) mass is 609 g/mol. The topological polar surface area (TPSA) is 86.8 Å². The largest absolute Gasteiger partial charge is 0.355 e. The number of nitrogens with one attached hydrogen (secondary N) is 1. The molecule has 1 atom stereocenters. The third-order valence-electron chi connectivity index (χ3n) is 6.19. The first-order chi connectivity index (χ1) is 18.5. The van der Waals surface area contributed by atoms with Crippen LogP contribution in [0.3, 0.4) is 0 Å². The predicted octanol–water partition coefficient (Wildman–Crippen LogP) is 6.09. The maximum absolute atomic E-state index is 14.0. The second kappa shape index (κ2) is 13.5. The summed E-state index contributed by atoms with van der Waals surface area (Å²) in [4.78, 5) is 28.4. The molecule has 1 N–H and O–H groups in total. The van der Waals surface area contributed by atoms with Gasteiger partial charge in [-0.3, -0.25) is 13.9 Å². The van der Waals surface area contributed by atoms with Gasteiger partial charge in [-0.25, -0.2) is 8.42 Å². The molecule has 3 rings (SSSR count). The minimum atomic E-state index is -4.20. The zero-order chi connectivity index (χ0) is 28.7. The van der Waals surface area contributed by atoms with E-state index in [0.717, 1.165) is 4.31 Å². The Morgan fingerprint density at radius 1 is 0.897 bits per heavy atom. The van der Waals surface area contributed by atoms with Crippen LogP contribution in [0.15, 0.2) is 71.6 Å². The van der Waals surface area contributed by atoms with Crippen molar-refractivity contribution in [2.75, 3.05) is 17.4 Å². The minimum Gasteiger partial charge on any atom is -0.355 e. The number of benzene rings is 3. The first kappa shape index (κ1) is 30.8.